The number of rotatable bonds is 4. The first-order chi connectivity index (χ1) is 7.38. The summed E-state index contributed by atoms with van der Waals surface area (Å²) in [4.78, 5) is 2.52. The highest BCUT2D eigenvalue weighted by molar-refractivity contribution is 4.88. The topological polar surface area (TPSA) is 29.3 Å². The van der Waals surface area contributed by atoms with Crippen LogP contribution in [0.15, 0.2) is 0 Å². The summed E-state index contributed by atoms with van der Waals surface area (Å²) in [6.45, 7) is 10.1. The van der Waals surface area contributed by atoms with Crippen LogP contribution in [0.1, 0.15) is 53.4 Å². The Kier molecular flexibility index (Phi) is 4.81. The summed E-state index contributed by atoms with van der Waals surface area (Å²) in [5, 5.41) is 0. The molecule has 2 N–H and O–H groups in total. The van der Waals surface area contributed by atoms with E-state index in [0.717, 1.165) is 12.5 Å². The van der Waals surface area contributed by atoms with Gasteiger partial charge < -0.3 is 5.73 Å². The van der Waals surface area contributed by atoms with Gasteiger partial charge in [-0.15, -0.1) is 0 Å². The molecule has 0 saturated heterocycles. The number of hydrogen-bond acceptors (Lipinski definition) is 2. The second-order valence-electron chi connectivity index (χ2n) is 6.56. The zero-order chi connectivity index (χ0) is 12.3. The SMILES string of the molecule is CC(N(C)C(CN)C1CCCC1)C(C)(C)C. The Morgan fingerprint density at radius 3 is 2.12 bits per heavy atom. The van der Waals surface area contributed by atoms with Crippen molar-refractivity contribution in [1.82, 2.24) is 4.90 Å². The van der Waals surface area contributed by atoms with Crippen molar-refractivity contribution in [3.05, 3.63) is 0 Å². The predicted molar refractivity (Wildman–Crippen MR) is 71.5 cm³/mol. The van der Waals surface area contributed by atoms with Gasteiger partial charge in [0.25, 0.3) is 0 Å². The molecule has 0 aromatic carbocycles. The summed E-state index contributed by atoms with van der Waals surface area (Å²) in [6.07, 6.45) is 5.56. The van der Waals surface area contributed by atoms with Crippen molar-refractivity contribution in [3.63, 3.8) is 0 Å². The molecule has 0 aromatic rings. The van der Waals surface area contributed by atoms with Gasteiger partial charge in [-0.2, -0.15) is 0 Å². The van der Waals surface area contributed by atoms with Gasteiger partial charge in [0.15, 0.2) is 0 Å². The third kappa shape index (κ3) is 3.21. The summed E-state index contributed by atoms with van der Waals surface area (Å²) in [7, 11) is 2.26. The zero-order valence-electron chi connectivity index (χ0n) is 11.8. The fourth-order valence-electron chi connectivity index (χ4n) is 2.93. The van der Waals surface area contributed by atoms with Crippen molar-refractivity contribution in [1.29, 1.82) is 0 Å². The first-order valence-electron chi connectivity index (χ1n) is 6.80. The summed E-state index contributed by atoms with van der Waals surface area (Å²) in [5.74, 6) is 0.833. The lowest BCUT2D eigenvalue weighted by Gasteiger charge is -2.42. The summed E-state index contributed by atoms with van der Waals surface area (Å²) in [5.41, 5.74) is 6.33. The predicted octanol–water partition coefficient (Wildman–Crippen LogP) is 2.87. The molecule has 2 heteroatoms. The molecule has 0 aliphatic heterocycles. The molecule has 2 atom stereocenters. The molecule has 0 aromatic heterocycles. The molecule has 1 fully saturated rings. The maximum absolute atomic E-state index is 5.99. The Bertz CT molecular complexity index is 201. The minimum atomic E-state index is 0.334. The lowest BCUT2D eigenvalue weighted by Crippen LogP contribution is -2.51. The molecule has 2 nitrogen and oxygen atoms in total. The normalized spacial score (nSPS) is 22.7. The number of nitrogens with zero attached hydrogens (tertiary/aromatic N) is 1. The first-order valence-corrected chi connectivity index (χ1v) is 6.80. The van der Waals surface area contributed by atoms with Gasteiger partial charge in [-0.3, -0.25) is 4.90 Å². The van der Waals surface area contributed by atoms with E-state index in [1.165, 1.54) is 25.7 Å². The number of hydrogen-bond donors (Lipinski definition) is 1. The molecule has 1 aliphatic rings. The van der Waals surface area contributed by atoms with E-state index in [1.807, 2.05) is 0 Å². The van der Waals surface area contributed by atoms with Gasteiger partial charge in [-0.1, -0.05) is 33.6 Å². The van der Waals surface area contributed by atoms with Crippen molar-refractivity contribution in [2.75, 3.05) is 13.6 Å². The van der Waals surface area contributed by atoms with Gasteiger partial charge in [0.2, 0.25) is 0 Å². The highest BCUT2D eigenvalue weighted by Crippen LogP contribution is 2.33. The van der Waals surface area contributed by atoms with E-state index in [0.29, 0.717) is 17.5 Å². The van der Waals surface area contributed by atoms with Gasteiger partial charge in [0.1, 0.15) is 0 Å². The van der Waals surface area contributed by atoms with Crippen LogP contribution in [0.25, 0.3) is 0 Å². The summed E-state index contributed by atoms with van der Waals surface area (Å²) in [6, 6.07) is 1.17. The molecule has 0 bridgehead atoms. The molecule has 0 radical (unpaired) electrons. The lowest BCUT2D eigenvalue weighted by molar-refractivity contribution is 0.0721. The molecule has 96 valence electrons. The number of nitrogens with two attached hydrogens (primary N) is 1. The van der Waals surface area contributed by atoms with Crippen LogP contribution >= 0.6 is 0 Å². The van der Waals surface area contributed by atoms with Crippen LogP contribution in [0.2, 0.25) is 0 Å². The summed E-state index contributed by atoms with van der Waals surface area (Å²) < 4.78 is 0. The van der Waals surface area contributed by atoms with Gasteiger partial charge in [-0.05, 0) is 38.1 Å². The minimum absolute atomic E-state index is 0.334. The molecule has 16 heavy (non-hydrogen) atoms. The minimum Gasteiger partial charge on any atom is -0.329 e. The third-order valence-corrected chi connectivity index (χ3v) is 4.57. The molecular formula is C14H30N2. The molecule has 0 amide bonds. The van der Waals surface area contributed by atoms with Crippen LogP contribution in [0.3, 0.4) is 0 Å². The van der Waals surface area contributed by atoms with Crippen molar-refractivity contribution < 1.29 is 0 Å². The van der Waals surface area contributed by atoms with E-state index in [4.69, 9.17) is 5.73 Å². The molecule has 1 rings (SSSR count). The average Bonchev–Trinajstić information content (AvgIpc) is 2.69. The third-order valence-electron chi connectivity index (χ3n) is 4.57. The van der Waals surface area contributed by atoms with Gasteiger partial charge >= 0.3 is 0 Å². The van der Waals surface area contributed by atoms with Crippen molar-refractivity contribution >= 4 is 0 Å². The number of likely N-dealkylation sites (N-methyl/N-ethyl adjacent to an activating group) is 1. The molecule has 1 aliphatic carbocycles. The van der Waals surface area contributed by atoms with Crippen LogP contribution < -0.4 is 5.73 Å². The Labute approximate surface area is 102 Å². The fraction of sp³-hybridized carbons (Fsp3) is 1.00. The van der Waals surface area contributed by atoms with Crippen LogP contribution in [0.4, 0.5) is 0 Å². The monoisotopic (exact) mass is 226 g/mol. The van der Waals surface area contributed by atoms with E-state index in [9.17, 15) is 0 Å². The maximum atomic E-state index is 5.99. The maximum Gasteiger partial charge on any atom is 0.0246 e. The van der Waals surface area contributed by atoms with Crippen molar-refractivity contribution in [2.45, 2.75) is 65.5 Å². The van der Waals surface area contributed by atoms with E-state index in [2.05, 4.69) is 39.6 Å². The zero-order valence-corrected chi connectivity index (χ0v) is 11.8. The second kappa shape index (κ2) is 5.50. The van der Waals surface area contributed by atoms with E-state index in [-0.39, 0.29) is 0 Å². The fourth-order valence-corrected chi connectivity index (χ4v) is 2.93. The molecule has 0 heterocycles. The standard InChI is InChI=1S/C14H30N2/c1-11(14(2,3)4)16(5)13(10-15)12-8-6-7-9-12/h11-13H,6-10,15H2,1-5H3. The van der Waals surface area contributed by atoms with Crippen molar-refractivity contribution in [2.24, 2.45) is 17.1 Å². The van der Waals surface area contributed by atoms with Crippen LogP contribution in [0, 0.1) is 11.3 Å². The Balaban J connectivity index is 2.64. The highest BCUT2D eigenvalue weighted by Gasteiger charge is 2.33. The van der Waals surface area contributed by atoms with Crippen molar-refractivity contribution in [3.8, 4) is 0 Å². The Morgan fingerprint density at radius 1 is 1.25 bits per heavy atom. The first kappa shape index (κ1) is 14.0. The molecular weight excluding hydrogens is 196 g/mol. The van der Waals surface area contributed by atoms with E-state index < -0.39 is 0 Å². The Hall–Kier alpha value is -0.0800. The largest absolute Gasteiger partial charge is 0.329 e. The summed E-state index contributed by atoms with van der Waals surface area (Å²) >= 11 is 0. The average molecular weight is 226 g/mol. The second-order valence-corrected chi connectivity index (χ2v) is 6.56. The van der Waals surface area contributed by atoms with Gasteiger partial charge in [0, 0.05) is 18.6 Å². The molecule has 0 spiro atoms. The van der Waals surface area contributed by atoms with Crippen LogP contribution in [-0.2, 0) is 0 Å². The van der Waals surface area contributed by atoms with Crippen LogP contribution in [-0.4, -0.2) is 30.6 Å². The lowest BCUT2D eigenvalue weighted by atomic mass is 9.85. The van der Waals surface area contributed by atoms with Gasteiger partial charge in [0.05, 0.1) is 0 Å². The Morgan fingerprint density at radius 2 is 1.75 bits per heavy atom. The smallest absolute Gasteiger partial charge is 0.0246 e. The highest BCUT2D eigenvalue weighted by atomic mass is 15.2. The molecule has 1 saturated carbocycles. The van der Waals surface area contributed by atoms with E-state index in [1.54, 1.807) is 0 Å². The molecule has 2 unspecified atom stereocenters. The van der Waals surface area contributed by atoms with E-state index >= 15 is 0 Å². The van der Waals surface area contributed by atoms with Crippen LogP contribution in [0.5, 0.6) is 0 Å². The van der Waals surface area contributed by atoms with Gasteiger partial charge in [-0.25, -0.2) is 0 Å². The quantitative estimate of drug-likeness (QED) is 0.798.